The van der Waals surface area contributed by atoms with Crippen molar-refractivity contribution in [2.45, 2.75) is 46.8 Å². The van der Waals surface area contributed by atoms with Gasteiger partial charge in [-0.15, -0.1) is 11.3 Å². The second kappa shape index (κ2) is 9.29. The average molecular weight is 510 g/mol. The summed E-state index contributed by atoms with van der Waals surface area (Å²) >= 11 is 3.83. The average Bonchev–Trinajstić information content (AvgIpc) is 3.10. The number of aryl methyl sites for hydroxylation is 1. The number of rotatable bonds is 7. The van der Waals surface area contributed by atoms with Crippen molar-refractivity contribution in [3.63, 3.8) is 0 Å². The highest BCUT2D eigenvalue weighted by atomic mass is 79.9. The first kappa shape index (κ1) is 24.1. The molecule has 2 aromatic heterocycles. The molecular weight excluding hydrogens is 491 g/mol. The molecule has 0 radical (unpaired) electrons. The summed E-state index contributed by atoms with van der Waals surface area (Å²) in [5.74, 6) is -1.48. The number of anilines is 1. The van der Waals surface area contributed by atoms with Crippen molar-refractivity contribution in [1.29, 1.82) is 0 Å². The van der Waals surface area contributed by atoms with E-state index in [4.69, 9.17) is 4.74 Å². The van der Waals surface area contributed by atoms with Gasteiger partial charge >= 0.3 is 12.1 Å². The van der Waals surface area contributed by atoms with E-state index in [1.165, 1.54) is 13.8 Å². The number of Topliss-reactive ketones (excluding diaryl/α,β-unsaturated/α-hetero) is 1. The van der Waals surface area contributed by atoms with Crippen molar-refractivity contribution in [2.75, 3.05) is 11.9 Å². The zero-order chi connectivity index (χ0) is 22.8. The van der Waals surface area contributed by atoms with E-state index in [0.29, 0.717) is 10.4 Å². The van der Waals surface area contributed by atoms with Crippen LogP contribution in [0.3, 0.4) is 0 Å². The highest BCUT2D eigenvalue weighted by Crippen LogP contribution is 2.36. The fourth-order valence-corrected chi connectivity index (χ4v) is 4.32. The number of hydrogen-bond acceptors (Lipinski definition) is 6. The number of hydrogen-bond donors (Lipinski definition) is 1. The van der Waals surface area contributed by atoms with Gasteiger partial charge in [-0.3, -0.25) is 14.3 Å². The molecule has 2 heterocycles. The number of halogens is 4. The number of nitrogens with zero attached hydrogens (tertiary/aromatic N) is 2. The Balaban J connectivity index is 2.20. The molecular formula is C18H19BrF3N3O4S. The lowest BCUT2D eigenvalue weighted by Gasteiger charge is -2.08. The number of nitrogens with one attached hydrogen (secondary N) is 1. The molecule has 1 amide bonds. The van der Waals surface area contributed by atoms with Gasteiger partial charge in [-0.05, 0) is 49.2 Å². The van der Waals surface area contributed by atoms with E-state index in [2.05, 4.69) is 26.3 Å². The lowest BCUT2D eigenvalue weighted by Crippen LogP contribution is -2.17. The van der Waals surface area contributed by atoms with Crippen LogP contribution in [0.5, 0.6) is 0 Å². The van der Waals surface area contributed by atoms with Gasteiger partial charge in [-0.25, -0.2) is 4.79 Å². The van der Waals surface area contributed by atoms with E-state index in [9.17, 15) is 27.6 Å². The van der Waals surface area contributed by atoms with Crippen LogP contribution in [0.15, 0.2) is 4.47 Å². The zero-order valence-corrected chi connectivity index (χ0v) is 19.0. The molecule has 2 rings (SSSR count). The summed E-state index contributed by atoms with van der Waals surface area (Å²) in [6.07, 6.45) is -4.82. The number of ether oxygens (including phenoxy) is 1. The lowest BCUT2D eigenvalue weighted by molar-refractivity contribution is -0.142. The van der Waals surface area contributed by atoms with Crippen LogP contribution in [-0.2, 0) is 22.3 Å². The standard InChI is InChI=1S/C18H19BrF3N3O4S/c1-5-29-17(28)12-8(2)14(10(4)26)30-16(12)23-11(27)6-7-25-9(3)13(19)15(24-25)18(20,21)22/h5-7H2,1-4H3,(H,23,27). The maximum atomic E-state index is 13.0. The van der Waals surface area contributed by atoms with Crippen molar-refractivity contribution in [3.8, 4) is 0 Å². The number of amides is 1. The molecule has 7 nitrogen and oxygen atoms in total. The molecule has 0 unspecified atom stereocenters. The summed E-state index contributed by atoms with van der Waals surface area (Å²) in [4.78, 5) is 36.8. The molecule has 164 valence electrons. The number of carbonyl (C=O) groups is 3. The topological polar surface area (TPSA) is 90.3 Å². The molecule has 0 saturated heterocycles. The normalized spacial score (nSPS) is 11.5. The third-order valence-corrected chi connectivity index (χ3v) is 6.41. The van der Waals surface area contributed by atoms with Crippen LogP contribution in [0.4, 0.5) is 18.2 Å². The lowest BCUT2D eigenvalue weighted by atomic mass is 10.1. The van der Waals surface area contributed by atoms with Gasteiger partial charge in [-0.2, -0.15) is 18.3 Å². The molecule has 12 heteroatoms. The molecule has 2 aromatic rings. The zero-order valence-electron chi connectivity index (χ0n) is 16.6. The van der Waals surface area contributed by atoms with Crippen molar-refractivity contribution in [3.05, 3.63) is 31.9 Å². The van der Waals surface area contributed by atoms with E-state index >= 15 is 0 Å². The maximum absolute atomic E-state index is 13.0. The molecule has 0 aromatic carbocycles. The van der Waals surface area contributed by atoms with Crippen LogP contribution in [-0.4, -0.2) is 34.0 Å². The van der Waals surface area contributed by atoms with Gasteiger partial charge in [0.25, 0.3) is 0 Å². The molecule has 0 spiro atoms. The van der Waals surface area contributed by atoms with Crippen molar-refractivity contribution in [1.82, 2.24) is 9.78 Å². The fraction of sp³-hybridized carbons (Fsp3) is 0.444. The van der Waals surface area contributed by atoms with Crippen LogP contribution < -0.4 is 5.32 Å². The third kappa shape index (κ3) is 5.09. The van der Waals surface area contributed by atoms with Crippen molar-refractivity contribution in [2.24, 2.45) is 0 Å². The maximum Gasteiger partial charge on any atom is 0.436 e. The van der Waals surface area contributed by atoms with Gasteiger partial charge in [0, 0.05) is 6.42 Å². The van der Waals surface area contributed by atoms with Crippen LogP contribution in [0.1, 0.15) is 57.2 Å². The number of aromatic nitrogens is 2. The summed E-state index contributed by atoms with van der Waals surface area (Å²) < 4.78 is 44.8. The smallest absolute Gasteiger partial charge is 0.436 e. The first-order valence-corrected chi connectivity index (χ1v) is 10.4. The Labute approximate surface area is 182 Å². The Hall–Kier alpha value is -2.21. The quantitative estimate of drug-likeness (QED) is 0.429. The van der Waals surface area contributed by atoms with Gasteiger partial charge in [0.05, 0.1) is 33.8 Å². The summed E-state index contributed by atoms with van der Waals surface area (Å²) in [5, 5.41) is 6.24. The minimum Gasteiger partial charge on any atom is -0.462 e. The predicted molar refractivity (Wildman–Crippen MR) is 108 cm³/mol. The second-order valence-corrected chi connectivity index (χ2v) is 8.12. The van der Waals surface area contributed by atoms with Crippen LogP contribution >= 0.6 is 27.3 Å². The second-order valence-electron chi connectivity index (χ2n) is 6.30. The van der Waals surface area contributed by atoms with Gasteiger partial charge in [0.2, 0.25) is 5.91 Å². The highest BCUT2D eigenvalue weighted by Gasteiger charge is 2.38. The summed E-state index contributed by atoms with van der Waals surface area (Å²) in [7, 11) is 0. The van der Waals surface area contributed by atoms with Gasteiger partial charge in [-0.1, -0.05) is 0 Å². The fourth-order valence-electron chi connectivity index (χ4n) is 2.71. The van der Waals surface area contributed by atoms with Crippen molar-refractivity contribution < 1.29 is 32.3 Å². The molecule has 0 fully saturated rings. The molecule has 1 N–H and O–H groups in total. The first-order chi connectivity index (χ1) is 13.9. The Bertz CT molecular complexity index is 998. The molecule has 0 aliphatic heterocycles. The predicted octanol–water partition coefficient (Wildman–Crippen LogP) is 4.75. The minimum absolute atomic E-state index is 0.0952. The molecule has 0 saturated carbocycles. The van der Waals surface area contributed by atoms with Crippen LogP contribution in [0, 0.1) is 13.8 Å². The van der Waals surface area contributed by atoms with Gasteiger partial charge in [0.1, 0.15) is 5.00 Å². The number of ketones is 1. The first-order valence-electron chi connectivity index (χ1n) is 8.79. The van der Waals surface area contributed by atoms with Gasteiger partial charge in [0.15, 0.2) is 11.5 Å². The van der Waals surface area contributed by atoms with Crippen molar-refractivity contribution >= 4 is 49.9 Å². The summed E-state index contributed by atoms with van der Waals surface area (Å²) in [6.45, 7) is 6.01. The number of thiophene rings is 1. The summed E-state index contributed by atoms with van der Waals surface area (Å²) in [6, 6.07) is 0. The van der Waals surface area contributed by atoms with Gasteiger partial charge < -0.3 is 10.1 Å². The number of esters is 1. The SMILES string of the molecule is CCOC(=O)c1c(NC(=O)CCn2nc(C(F)(F)F)c(Br)c2C)sc(C(C)=O)c1C. The minimum atomic E-state index is -4.62. The van der Waals surface area contributed by atoms with Crippen LogP contribution in [0.25, 0.3) is 0 Å². The number of carbonyl (C=O) groups excluding carboxylic acids is 3. The largest absolute Gasteiger partial charge is 0.462 e. The van der Waals surface area contributed by atoms with E-state index in [1.54, 1.807) is 13.8 Å². The highest BCUT2D eigenvalue weighted by molar-refractivity contribution is 9.10. The Kier molecular flexibility index (Phi) is 7.45. The Morgan fingerprint density at radius 1 is 1.27 bits per heavy atom. The van der Waals surface area contributed by atoms with Crippen LogP contribution in [0.2, 0.25) is 0 Å². The van der Waals surface area contributed by atoms with E-state index in [-0.39, 0.29) is 46.1 Å². The molecule has 0 aliphatic carbocycles. The monoisotopic (exact) mass is 509 g/mol. The molecule has 30 heavy (non-hydrogen) atoms. The molecule has 0 aliphatic rings. The molecule has 0 atom stereocenters. The summed E-state index contributed by atoms with van der Waals surface area (Å²) in [5.41, 5.74) is -0.334. The van der Waals surface area contributed by atoms with E-state index in [0.717, 1.165) is 16.0 Å². The Morgan fingerprint density at radius 3 is 2.40 bits per heavy atom. The molecule has 0 bridgehead atoms. The van der Waals surface area contributed by atoms with E-state index in [1.807, 2.05) is 0 Å². The Morgan fingerprint density at radius 2 is 1.90 bits per heavy atom. The van der Waals surface area contributed by atoms with E-state index < -0.39 is 23.7 Å². The third-order valence-electron chi connectivity index (χ3n) is 4.15. The number of alkyl halides is 3.